The lowest BCUT2D eigenvalue weighted by molar-refractivity contribution is 0.0939. The Morgan fingerprint density at radius 2 is 2.26 bits per heavy atom. The molecule has 2 heterocycles. The number of aromatic nitrogens is 2. The third kappa shape index (κ3) is 3.50. The highest BCUT2D eigenvalue weighted by Gasteiger charge is 2.24. The maximum atomic E-state index is 12.1. The van der Waals surface area contributed by atoms with Gasteiger partial charge in [-0.15, -0.1) is 0 Å². The maximum absolute atomic E-state index is 12.1. The van der Waals surface area contributed by atoms with Crippen molar-refractivity contribution in [2.24, 2.45) is 13.0 Å². The van der Waals surface area contributed by atoms with Gasteiger partial charge in [-0.25, -0.2) is 0 Å². The van der Waals surface area contributed by atoms with E-state index in [-0.39, 0.29) is 5.91 Å². The molecule has 23 heavy (non-hydrogen) atoms. The highest BCUT2D eigenvalue weighted by Crippen LogP contribution is 2.29. The number of benzene rings is 1. The number of amides is 1. The summed E-state index contributed by atoms with van der Waals surface area (Å²) in [5.74, 6) is 0.382. The second-order valence-electron chi connectivity index (χ2n) is 6.08. The van der Waals surface area contributed by atoms with Gasteiger partial charge in [-0.2, -0.15) is 5.10 Å². The molecular formula is C17H21ClN4O. The molecule has 122 valence electrons. The van der Waals surface area contributed by atoms with Crippen molar-refractivity contribution in [3.63, 3.8) is 0 Å². The number of carbonyl (C=O) groups is 1. The molecule has 2 aromatic rings. The van der Waals surface area contributed by atoms with Gasteiger partial charge in [0.05, 0.1) is 0 Å². The molecule has 0 aliphatic carbocycles. The number of aryl methyl sites for hydroxylation is 2. The molecule has 0 saturated carbocycles. The first-order valence-electron chi connectivity index (χ1n) is 7.82. The largest absolute Gasteiger partial charge is 0.371 e. The van der Waals surface area contributed by atoms with Gasteiger partial charge < -0.3 is 10.2 Å². The molecule has 1 aliphatic rings. The summed E-state index contributed by atoms with van der Waals surface area (Å²) in [7, 11) is 1.77. The third-order valence-electron chi connectivity index (χ3n) is 4.40. The summed E-state index contributed by atoms with van der Waals surface area (Å²) in [6.07, 6.45) is 2.70. The van der Waals surface area contributed by atoms with Crippen molar-refractivity contribution in [1.82, 2.24) is 15.1 Å². The zero-order chi connectivity index (χ0) is 16.4. The van der Waals surface area contributed by atoms with Gasteiger partial charge >= 0.3 is 0 Å². The Bertz CT molecular complexity index is 712. The second-order valence-corrected chi connectivity index (χ2v) is 6.52. The SMILES string of the molecule is Cc1ccc(Cl)cc1N1CC[C@H](CNC(=O)c2ccnn2C)C1. The van der Waals surface area contributed by atoms with Crippen molar-refractivity contribution in [3.05, 3.63) is 46.7 Å². The summed E-state index contributed by atoms with van der Waals surface area (Å²) in [5.41, 5.74) is 3.01. The molecular weight excluding hydrogens is 312 g/mol. The minimum absolute atomic E-state index is 0.0672. The summed E-state index contributed by atoms with van der Waals surface area (Å²) < 4.78 is 1.59. The van der Waals surface area contributed by atoms with Crippen LogP contribution in [0.4, 0.5) is 5.69 Å². The summed E-state index contributed by atoms with van der Waals surface area (Å²) in [5, 5.41) is 7.80. The fraction of sp³-hybridized carbons (Fsp3) is 0.412. The number of nitrogens with one attached hydrogen (secondary N) is 1. The van der Waals surface area contributed by atoms with Crippen LogP contribution < -0.4 is 10.2 Å². The van der Waals surface area contributed by atoms with E-state index in [1.807, 2.05) is 12.1 Å². The Hall–Kier alpha value is -2.01. The average Bonchev–Trinajstić information content (AvgIpc) is 3.16. The molecule has 0 spiro atoms. The van der Waals surface area contributed by atoms with Crippen LogP contribution in [0.25, 0.3) is 0 Å². The van der Waals surface area contributed by atoms with E-state index < -0.39 is 0 Å². The predicted octanol–water partition coefficient (Wildman–Crippen LogP) is 2.64. The second kappa shape index (κ2) is 6.62. The van der Waals surface area contributed by atoms with Gasteiger partial charge in [0.15, 0.2) is 0 Å². The Kier molecular flexibility index (Phi) is 4.57. The molecule has 1 saturated heterocycles. The minimum Gasteiger partial charge on any atom is -0.371 e. The average molecular weight is 333 g/mol. The van der Waals surface area contributed by atoms with Crippen LogP contribution in [0.2, 0.25) is 5.02 Å². The molecule has 1 N–H and O–H groups in total. The van der Waals surface area contributed by atoms with E-state index in [4.69, 9.17) is 11.6 Å². The number of rotatable bonds is 4. The van der Waals surface area contributed by atoms with Crippen molar-refractivity contribution in [1.29, 1.82) is 0 Å². The van der Waals surface area contributed by atoms with Crippen LogP contribution in [0.5, 0.6) is 0 Å². The fourth-order valence-electron chi connectivity index (χ4n) is 3.07. The molecule has 1 aliphatic heterocycles. The molecule has 0 bridgehead atoms. The smallest absolute Gasteiger partial charge is 0.269 e. The molecule has 1 aromatic carbocycles. The van der Waals surface area contributed by atoms with Crippen LogP contribution in [0.1, 0.15) is 22.5 Å². The minimum atomic E-state index is -0.0672. The highest BCUT2D eigenvalue weighted by molar-refractivity contribution is 6.30. The van der Waals surface area contributed by atoms with Gasteiger partial charge in [-0.05, 0) is 43.0 Å². The van der Waals surface area contributed by atoms with Gasteiger partial charge in [0.1, 0.15) is 5.69 Å². The Morgan fingerprint density at radius 1 is 1.43 bits per heavy atom. The zero-order valence-electron chi connectivity index (χ0n) is 13.4. The van der Waals surface area contributed by atoms with Crippen LogP contribution in [0.3, 0.4) is 0 Å². The van der Waals surface area contributed by atoms with Crippen molar-refractivity contribution in [2.45, 2.75) is 13.3 Å². The fourth-order valence-corrected chi connectivity index (χ4v) is 3.23. The molecule has 0 unspecified atom stereocenters. The summed E-state index contributed by atoms with van der Waals surface area (Å²) >= 11 is 6.11. The topological polar surface area (TPSA) is 50.2 Å². The molecule has 1 aromatic heterocycles. The van der Waals surface area contributed by atoms with Gasteiger partial charge in [0.25, 0.3) is 5.91 Å². The van der Waals surface area contributed by atoms with Crippen LogP contribution in [0.15, 0.2) is 30.5 Å². The lowest BCUT2D eigenvalue weighted by atomic mass is 10.1. The molecule has 5 nitrogen and oxygen atoms in total. The standard InChI is InChI=1S/C17H21ClN4O/c1-12-3-4-14(18)9-16(12)22-8-6-13(11-22)10-19-17(23)15-5-7-20-21(15)2/h3-5,7,9,13H,6,8,10-11H2,1-2H3,(H,19,23)/t13-/m1/s1. The van der Waals surface area contributed by atoms with Crippen molar-refractivity contribution < 1.29 is 4.79 Å². The van der Waals surface area contributed by atoms with Crippen molar-refractivity contribution in [3.8, 4) is 0 Å². The summed E-state index contributed by atoms with van der Waals surface area (Å²) in [6.45, 7) is 4.71. The molecule has 1 atom stereocenters. The van der Waals surface area contributed by atoms with Crippen LogP contribution in [-0.2, 0) is 7.05 Å². The molecule has 1 amide bonds. The number of nitrogens with zero attached hydrogens (tertiary/aromatic N) is 3. The number of hydrogen-bond donors (Lipinski definition) is 1. The monoisotopic (exact) mass is 332 g/mol. The predicted molar refractivity (Wildman–Crippen MR) is 92.1 cm³/mol. The Balaban J connectivity index is 1.57. The van der Waals surface area contributed by atoms with Crippen molar-refractivity contribution >= 4 is 23.2 Å². The van der Waals surface area contributed by atoms with E-state index in [1.54, 1.807) is 24.0 Å². The highest BCUT2D eigenvalue weighted by atomic mass is 35.5. The van der Waals surface area contributed by atoms with Gasteiger partial charge in [0.2, 0.25) is 0 Å². The zero-order valence-corrected chi connectivity index (χ0v) is 14.2. The summed E-state index contributed by atoms with van der Waals surface area (Å²) in [4.78, 5) is 14.5. The van der Waals surface area contributed by atoms with E-state index >= 15 is 0 Å². The number of hydrogen-bond acceptors (Lipinski definition) is 3. The Morgan fingerprint density at radius 3 is 3.00 bits per heavy atom. The Labute approximate surface area is 141 Å². The molecule has 1 fully saturated rings. The molecule has 3 rings (SSSR count). The molecule has 0 radical (unpaired) electrons. The summed E-state index contributed by atoms with van der Waals surface area (Å²) in [6, 6.07) is 7.72. The van der Waals surface area contributed by atoms with Crippen LogP contribution in [0, 0.1) is 12.8 Å². The van der Waals surface area contributed by atoms with E-state index in [0.29, 0.717) is 18.2 Å². The van der Waals surface area contributed by atoms with Crippen molar-refractivity contribution in [2.75, 3.05) is 24.5 Å². The van der Waals surface area contributed by atoms with E-state index in [1.165, 1.54) is 11.3 Å². The number of halogens is 1. The first-order valence-corrected chi connectivity index (χ1v) is 8.19. The normalized spacial score (nSPS) is 17.5. The van der Waals surface area contributed by atoms with Gasteiger partial charge in [-0.1, -0.05) is 17.7 Å². The third-order valence-corrected chi connectivity index (χ3v) is 4.64. The van der Waals surface area contributed by atoms with Gasteiger partial charge in [0, 0.05) is 43.6 Å². The number of anilines is 1. The number of carbonyl (C=O) groups excluding carboxylic acids is 1. The lowest BCUT2D eigenvalue weighted by Crippen LogP contribution is -2.32. The van der Waals surface area contributed by atoms with Crippen LogP contribution in [-0.4, -0.2) is 35.3 Å². The first kappa shape index (κ1) is 15.9. The first-order chi connectivity index (χ1) is 11.0. The molecule has 6 heteroatoms. The van der Waals surface area contributed by atoms with Gasteiger partial charge in [-0.3, -0.25) is 9.48 Å². The van der Waals surface area contributed by atoms with Crippen LogP contribution >= 0.6 is 11.6 Å². The lowest BCUT2D eigenvalue weighted by Gasteiger charge is -2.21. The quantitative estimate of drug-likeness (QED) is 0.936. The van der Waals surface area contributed by atoms with E-state index in [9.17, 15) is 4.79 Å². The van der Waals surface area contributed by atoms with E-state index in [0.717, 1.165) is 24.5 Å². The van der Waals surface area contributed by atoms with E-state index in [2.05, 4.69) is 28.3 Å². The maximum Gasteiger partial charge on any atom is 0.269 e.